The first-order valence-corrected chi connectivity index (χ1v) is 9.14. The van der Waals surface area contributed by atoms with E-state index in [0.717, 1.165) is 21.9 Å². The van der Waals surface area contributed by atoms with E-state index in [2.05, 4.69) is 4.98 Å². The summed E-state index contributed by atoms with van der Waals surface area (Å²) in [5.41, 5.74) is 9.21. The van der Waals surface area contributed by atoms with E-state index >= 15 is 0 Å². The standard InChI is InChI=1S/C20H18N2O3S/c1-10(21)11-2-4-12(5-3-11)16-15(24)8-13(9-23)18-17(16)14-6-7-26-19(14)20(25)22-18/h2-8,10,23-24H,9,21H2,1H3,(H,22,25). The van der Waals surface area contributed by atoms with Crippen LogP contribution in [0.4, 0.5) is 0 Å². The maximum Gasteiger partial charge on any atom is 0.266 e. The van der Waals surface area contributed by atoms with Crippen LogP contribution in [0.25, 0.3) is 32.1 Å². The number of pyridine rings is 1. The average Bonchev–Trinajstić information content (AvgIpc) is 3.12. The van der Waals surface area contributed by atoms with E-state index < -0.39 is 0 Å². The first kappa shape index (κ1) is 16.8. The summed E-state index contributed by atoms with van der Waals surface area (Å²) < 4.78 is 0.598. The van der Waals surface area contributed by atoms with Gasteiger partial charge in [0, 0.05) is 27.9 Å². The van der Waals surface area contributed by atoms with Crippen molar-refractivity contribution in [2.45, 2.75) is 19.6 Å². The highest BCUT2D eigenvalue weighted by molar-refractivity contribution is 7.17. The molecule has 4 aromatic rings. The maximum absolute atomic E-state index is 12.4. The first-order valence-electron chi connectivity index (χ1n) is 8.26. The number of phenols is 1. The van der Waals surface area contributed by atoms with Gasteiger partial charge in [0.1, 0.15) is 10.4 Å². The summed E-state index contributed by atoms with van der Waals surface area (Å²) in [5.74, 6) is 0.0645. The van der Waals surface area contributed by atoms with Crippen molar-refractivity contribution in [3.05, 3.63) is 63.3 Å². The molecule has 132 valence electrons. The minimum atomic E-state index is -0.278. The average molecular weight is 366 g/mol. The Morgan fingerprint density at radius 3 is 2.62 bits per heavy atom. The van der Waals surface area contributed by atoms with Crippen molar-refractivity contribution in [1.82, 2.24) is 4.98 Å². The quantitative estimate of drug-likeness (QED) is 0.445. The monoisotopic (exact) mass is 366 g/mol. The van der Waals surface area contributed by atoms with Gasteiger partial charge in [-0.25, -0.2) is 0 Å². The van der Waals surface area contributed by atoms with Gasteiger partial charge in [-0.3, -0.25) is 4.79 Å². The van der Waals surface area contributed by atoms with Gasteiger partial charge < -0.3 is 20.9 Å². The van der Waals surface area contributed by atoms with Crippen molar-refractivity contribution >= 4 is 32.3 Å². The lowest BCUT2D eigenvalue weighted by atomic mass is 9.94. The molecule has 2 aromatic heterocycles. The van der Waals surface area contributed by atoms with E-state index in [1.807, 2.05) is 42.6 Å². The molecule has 1 unspecified atom stereocenters. The van der Waals surface area contributed by atoms with Gasteiger partial charge >= 0.3 is 0 Å². The largest absolute Gasteiger partial charge is 0.507 e. The molecule has 0 amide bonds. The number of nitrogens with one attached hydrogen (secondary N) is 1. The number of aromatic nitrogens is 1. The molecule has 26 heavy (non-hydrogen) atoms. The zero-order chi connectivity index (χ0) is 18.4. The molecule has 4 rings (SSSR count). The zero-order valence-electron chi connectivity index (χ0n) is 14.1. The molecule has 2 aromatic carbocycles. The van der Waals surface area contributed by atoms with E-state index in [1.54, 1.807) is 0 Å². The second-order valence-electron chi connectivity index (χ2n) is 6.37. The van der Waals surface area contributed by atoms with Gasteiger partial charge in [-0.2, -0.15) is 0 Å². The molecule has 0 aliphatic heterocycles. The lowest BCUT2D eigenvalue weighted by Gasteiger charge is -2.14. The normalized spacial score (nSPS) is 12.7. The molecule has 5 N–H and O–H groups in total. The third-order valence-electron chi connectivity index (χ3n) is 4.66. The number of hydrogen-bond acceptors (Lipinski definition) is 5. The van der Waals surface area contributed by atoms with Crippen molar-refractivity contribution in [3.8, 4) is 16.9 Å². The van der Waals surface area contributed by atoms with Gasteiger partial charge in [-0.15, -0.1) is 11.3 Å². The number of aromatic amines is 1. The summed E-state index contributed by atoms with van der Waals surface area (Å²) in [6.07, 6.45) is 0. The number of benzene rings is 2. The van der Waals surface area contributed by atoms with Gasteiger partial charge in [0.05, 0.1) is 12.1 Å². The van der Waals surface area contributed by atoms with Crippen LogP contribution in [0.5, 0.6) is 5.75 Å². The van der Waals surface area contributed by atoms with Gasteiger partial charge in [0.2, 0.25) is 0 Å². The number of H-pyrrole nitrogens is 1. The minimum absolute atomic E-state index is 0.0645. The number of aromatic hydroxyl groups is 1. The predicted octanol–water partition coefficient (Wildman–Crippen LogP) is 3.63. The summed E-state index contributed by atoms with van der Waals surface area (Å²) in [6.45, 7) is 1.64. The Labute approximate surface area is 153 Å². The van der Waals surface area contributed by atoms with Crippen molar-refractivity contribution in [2.75, 3.05) is 0 Å². The Morgan fingerprint density at radius 1 is 1.23 bits per heavy atom. The van der Waals surface area contributed by atoms with Crippen LogP contribution in [0.15, 0.2) is 46.6 Å². The Kier molecular flexibility index (Phi) is 4.03. The molecule has 1 atom stereocenters. The molecule has 0 saturated heterocycles. The third-order valence-corrected chi connectivity index (χ3v) is 5.58. The molecule has 0 radical (unpaired) electrons. The first-order chi connectivity index (χ1) is 12.5. The highest BCUT2D eigenvalue weighted by atomic mass is 32.1. The Bertz CT molecular complexity index is 1170. The van der Waals surface area contributed by atoms with Crippen molar-refractivity contribution < 1.29 is 10.2 Å². The summed E-state index contributed by atoms with van der Waals surface area (Å²) in [7, 11) is 0. The smallest absolute Gasteiger partial charge is 0.266 e. The molecule has 0 bridgehead atoms. The fourth-order valence-electron chi connectivity index (χ4n) is 3.36. The van der Waals surface area contributed by atoms with Gasteiger partial charge in [-0.1, -0.05) is 24.3 Å². The molecule has 0 fully saturated rings. The lowest BCUT2D eigenvalue weighted by molar-refractivity contribution is 0.282. The van der Waals surface area contributed by atoms with Crippen LogP contribution in [-0.2, 0) is 6.61 Å². The van der Waals surface area contributed by atoms with Crippen molar-refractivity contribution in [2.24, 2.45) is 5.73 Å². The Hall–Kier alpha value is -2.67. The fourth-order valence-corrected chi connectivity index (χ4v) is 4.15. The molecule has 0 aliphatic carbocycles. The minimum Gasteiger partial charge on any atom is -0.507 e. The van der Waals surface area contributed by atoms with Crippen LogP contribution >= 0.6 is 11.3 Å². The van der Waals surface area contributed by atoms with E-state index in [0.29, 0.717) is 21.3 Å². The number of nitrogens with two attached hydrogens (primary N) is 1. The van der Waals surface area contributed by atoms with E-state index in [1.165, 1.54) is 17.4 Å². The molecule has 0 spiro atoms. The maximum atomic E-state index is 12.4. The number of rotatable bonds is 3. The van der Waals surface area contributed by atoms with Gasteiger partial charge in [0.25, 0.3) is 5.56 Å². The van der Waals surface area contributed by atoms with Crippen LogP contribution < -0.4 is 11.3 Å². The van der Waals surface area contributed by atoms with Gasteiger partial charge in [-0.05, 0) is 35.6 Å². The summed E-state index contributed by atoms with van der Waals surface area (Å²) in [4.78, 5) is 15.2. The summed E-state index contributed by atoms with van der Waals surface area (Å²) in [5, 5.41) is 23.7. The Morgan fingerprint density at radius 2 is 1.96 bits per heavy atom. The van der Waals surface area contributed by atoms with Crippen molar-refractivity contribution in [1.29, 1.82) is 0 Å². The van der Waals surface area contributed by atoms with Gasteiger partial charge in [0.15, 0.2) is 0 Å². The topological polar surface area (TPSA) is 99.3 Å². The van der Waals surface area contributed by atoms with E-state index in [-0.39, 0.29) is 24.0 Å². The molecular weight excluding hydrogens is 348 g/mol. The summed E-state index contributed by atoms with van der Waals surface area (Å²) in [6, 6.07) is 11.0. The molecular formula is C20H18N2O3S. The van der Waals surface area contributed by atoms with Crippen LogP contribution in [0.3, 0.4) is 0 Å². The Balaban J connectivity index is 2.13. The van der Waals surface area contributed by atoms with Crippen LogP contribution in [0.1, 0.15) is 24.1 Å². The number of aliphatic hydroxyl groups is 1. The second kappa shape index (κ2) is 6.25. The van der Waals surface area contributed by atoms with E-state index in [4.69, 9.17) is 5.73 Å². The van der Waals surface area contributed by atoms with Crippen LogP contribution in [-0.4, -0.2) is 15.2 Å². The fraction of sp³-hybridized carbons (Fsp3) is 0.150. The number of hydrogen-bond donors (Lipinski definition) is 4. The van der Waals surface area contributed by atoms with Crippen LogP contribution in [0.2, 0.25) is 0 Å². The molecule has 5 nitrogen and oxygen atoms in total. The highest BCUT2D eigenvalue weighted by Crippen LogP contribution is 2.41. The SMILES string of the molecule is CC(N)c1ccc(-c2c(O)cc(CO)c3[nH]c(=O)c4sccc4c23)cc1. The molecule has 0 saturated carbocycles. The third kappa shape index (κ3) is 2.50. The number of phenolic OH excluding ortho intramolecular Hbond substituents is 1. The number of fused-ring (bicyclic) bond motifs is 3. The zero-order valence-corrected chi connectivity index (χ0v) is 14.9. The molecule has 0 aliphatic rings. The predicted molar refractivity (Wildman–Crippen MR) is 106 cm³/mol. The highest BCUT2D eigenvalue weighted by Gasteiger charge is 2.18. The second-order valence-corrected chi connectivity index (χ2v) is 7.28. The molecule has 2 heterocycles. The lowest BCUT2D eigenvalue weighted by Crippen LogP contribution is -2.07. The summed E-state index contributed by atoms with van der Waals surface area (Å²) >= 11 is 1.35. The molecule has 6 heteroatoms. The number of thiophene rings is 1. The van der Waals surface area contributed by atoms with E-state index in [9.17, 15) is 15.0 Å². The number of aliphatic hydroxyl groups excluding tert-OH is 1. The van der Waals surface area contributed by atoms with Crippen LogP contribution in [0, 0.1) is 0 Å². The van der Waals surface area contributed by atoms with Crippen molar-refractivity contribution in [3.63, 3.8) is 0 Å².